The molecular weight excluding hydrogens is 386 g/mol. The van der Waals surface area contributed by atoms with Crippen LogP contribution in [-0.2, 0) is 4.79 Å². The van der Waals surface area contributed by atoms with E-state index in [0.717, 1.165) is 23.4 Å². The molecule has 0 bridgehead atoms. The predicted octanol–water partition coefficient (Wildman–Crippen LogP) is 4.30. The maximum atomic E-state index is 12.8. The van der Waals surface area contributed by atoms with Crippen LogP contribution in [-0.4, -0.2) is 38.5 Å². The second-order valence-corrected chi connectivity index (χ2v) is 8.00. The number of nitrogens with one attached hydrogen (secondary N) is 1. The van der Waals surface area contributed by atoms with Gasteiger partial charge in [-0.15, -0.1) is 5.10 Å². The number of carbonyl (C=O) groups excluding carboxylic acids is 1. The SMILES string of the molecule is CCC(C)c1ccccc1NC(=O)C(C)Sc1nnnn1-c1ccccc1OC. The lowest BCUT2D eigenvalue weighted by molar-refractivity contribution is -0.115. The molecule has 2 aromatic carbocycles. The van der Waals surface area contributed by atoms with Crippen LogP contribution in [0.4, 0.5) is 5.69 Å². The summed E-state index contributed by atoms with van der Waals surface area (Å²) in [5, 5.41) is 15.1. The van der Waals surface area contributed by atoms with E-state index < -0.39 is 0 Å². The van der Waals surface area contributed by atoms with E-state index in [1.165, 1.54) is 11.8 Å². The molecule has 0 aliphatic heterocycles. The van der Waals surface area contributed by atoms with E-state index in [-0.39, 0.29) is 11.2 Å². The number of aromatic nitrogens is 4. The van der Waals surface area contributed by atoms with E-state index in [1.54, 1.807) is 11.8 Å². The van der Waals surface area contributed by atoms with E-state index in [0.29, 0.717) is 16.8 Å². The molecule has 1 N–H and O–H groups in total. The molecule has 1 aromatic heterocycles. The largest absolute Gasteiger partial charge is 0.494 e. The Morgan fingerprint density at radius 1 is 1.17 bits per heavy atom. The minimum atomic E-state index is -0.389. The van der Waals surface area contributed by atoms with Gasteiger partial charge in [-0.25, -0.2) is 0 Å². The van der Waals surface area contributed by atoms with E-state index in [9.17, 15) is 4.79 Å². The molecule has 3 rings (SSSR count). The summed E-state index contributed by atoms with van der Waals surface area (Å²) in [7, 11) is 1.60. The molecular formula is C21H25N5O2S. The van der Waals surface area contributed by atoms with Crippen molar-refractivity contribution in [2.45, 2.75) is 43.5 Å². The molecule has 152 valence electrons. The number of thioether (sulfide) groups is 1. The van der Waals surface area contributed by atoms with E-state index in [2.05, 4.69) is 40.8 Å². The number of ether oxygens (including phenoxy) is 1. The van der Waals surface area contributed by atoms with Gasteiger partial charge in [0.25, 0.3) is 0 Å². The fourth-order valence-electron chi connectivity index (χ4n) is 2.91. The molecule has 29 heavy (non-hydrogen) atoms. The van der Waals surface area contributed by atoms with Crippen molar-refractivity contribution in [1.29, 1.82) is 0 Å². The predicted molar refractivity (Wildman–Crippen MR) is 115 cm³/mol. The number of tetrazole rings is 1. The zero-order chi connectivity index (χ0) is 20.8. The van der Waals surface area contributed by atoms with Crippen LogP contribution in [0.1, 0.15) is 38.7 Å². The van der Waals surface area contributed by atoms with Gasteiger partial charge in [0.15, 0.2) is 0 Å². The maximum Gasteiger partial charge on any atom is 0.237 e. The number of nitrogens with zero attached hydrogens (tertiary/aromatic N) is 4. The van der Waals surface area contributed by atoms with Gasteiger partial charge in [0, 0.05) is 5.69 Å². The van der Waals surface area contributed by atoms with Crippen molar-refractivity contribution in [3.8, 4) is 11.4 Å². The van der Waals surface area contributed by atoms with Gasteiger partial charge in [0.2, 0.25) is 11.1 Å². The Labute approximate surface area is 174 Å². The third-order valence-corrected chi connectivity index (χ3v) is 5.80. The highest BCUT2D eigenvalue weighted by Crippen LogP contribution is 2.30. The van der Waals surface area contributed by atoms with Crippen molar-refractivity contribution in [2.24, 2.45) is 0 Å². The Morgan fingerprint density at radius 2 is 1.90 bits per heavy atom. The molecule has 1 heterocycles. The molecule has 0 spiro atoms. The van der Waals surface area contributed by atoms with Crippen LogP contribution in [0.3, 0.4) is 0 Å². The van der Waals surface area contributed by atoms with Gasteiger partial charge in [0.05, 0.1) is 12.4 Å². The highest BCUT2D eigenvalue weighted by atomic mass is 32.2. The first-order valence-electron chi connectivity index (χ1n) is 9.53. The summed E-state index contributed by atoms with van der Waals surface area (Å²) >= 11 is 1.30. The second-order valence-electron chi connectivity index (χ2n) is 6.69. The van der Waals surface area contributed by atoms with Gasteiger partial charge in [-0.05, 0) is 53.5 Å². The van der Waals surface area contributed by atoms with Crippen molar-refractivity contribution in [2.75, 3.05) is 12.4 Å². The zero-order valence-corrected chi connectivity index (χ0v) is 17.8. The Morgan fingerprint density at radius 3 is 2.66 bits per heavy atom. The van der Waals surface area contributed by atoms with Crippen molar-refractivity contribution < 1.29 is 9.53 Å². The molecule has 1 amide bonds. The normalized spacial score (nSPS) is 13.0. The summed E-state index contributed by atoms with van der Waals surface area (Å²) in [6.07, 6.45) is 1.00. The lowest BCUT2D eigenvalue weighted by Crippen LogP contribution is -2.23. The van der Waals surface area contributed by atoms with E-state index >= 15 is 0 Å². The van der Waals surface area contributed by atoms with Gasteiger partial charge in [-0.2, -0.15) is 4.68 Å². The van der Waals surface area contributed by atoms with Gasteiger partial charge in [0.1, 0.15) is 11.4 Å². The molecule has 0 aliphatic carbocycles. The summed E-state index contributed by atoms with van der Waals surface area (Å²) in [4.78, 5) is 12.8. The molecule has 0 aliphatic rings. The molecule has 3 aromatic rings. The van der Waals surface area contributed by atoms with Crippen LogP contribution in [0.2, 0.25) is 0 Å². The maximum absolute atomic E-state index is 12.8. The number of anilines is 1. The van der Waals surface area contributed by atoms with Gasteiger partial charge in [-0.3, -0.25) is 4.79 Å². The van der Waals surface area contributed by atoms with E-state index in [1.807, 2.05) is 49.4 Å². The Balaban J connectivity index is 1.76. The topological polar surface area (TPSA) is 81.9 Å². The molecule has 8 heteroatoms. The fourth-order valence-corrected chi connectivity index (χ4v) is 3.72. The lowest BCUT2D eigenvalue weighted by atomic mass is 9.97. The first kappa shape index (κ1) is 20.9. The zero-order valence-electron chi connectivity index (χ0n) is 17.0. The third kappa shape index (κ3) is 4.76. The van der Waals surface area contributed by atoms with Crippen molar-refractivity contribution in [3.05, 3.63) is 54.1 Å². The summed E-state index contributed by atoms with van der Waals surface area (Å²) in [6, 6.07) is 15.4. The van der Waals surface area contributed by atoms with Crippen molar-refractivity contribution in [1.82, 2.24) is 20.2 Å². The average Bonchev–Trinajstić information content (AvgIpc) is 3.21. The number of benzene rings is 2. The summed E-state index contributed by atoms with van der Waals surface area (Å²) in [5.41, 5.74) is 2.71. The first-order chi connectivity index (χ1) is 14.0. The molecule has 0 saturated carbocycles. The molecule has 0 radical (unpaired) electrons. The Bertz CT molecular complexity index is 975. The van der Waals surface area contributed by atoms with E-state index in [4.69, 9.17) is 4.74 Å². The van der Waals surface area contributed by atoms with Crippen LogP contribution in [0.5, 0.6) is 5.75 Å². The van der Waals surface area contributed by atoms with Crippen LogP contribution >= 0.6 is 11.8 Å². The van der Waals surface area contributed by atoms with Gasteiger partial charge >= 0.3 is 0 Å². The number of hydrogen-bond acceptors (Lipinski definition) is 6. The number of methoxy groups -OCH3 is 1. The number of para-hydroxylation sites is 3. The van der Waals surface area contributed by atoms with Crippen molar-refractivity contribution >= 4 is 23.4 Å². The highest BCUT2D eigenvalue weighted by molar-refractivity contribution is 8.00. The fraction of sp³-hybridized carbons (Fsp3) is 0.333. The van der Waals surface area contributed by atoms with Gasteiger partial charge in [-0.1, -0.05) is 55.9 Å². The molecule has 2 atom stereocenters. The summed E-state index contributed by atoms with van der Waals surface area (Å²) in [5.74, 6) is 0.925. The highest BCUT2D eigenvalue weighted by Gasteiger charge is 2.21. The van der Waals surface area contributed by atoms with Crippen molar-refractivity contribution in [3.63, 3.8) is 0 Å². The number of hydrogen-bond donors (Lipinski definition) is 1. The molecule has 2 unspecified atom stereocenters. The Hall–Kier alpha value is -2.87. The van der Waals surface area contributed by atoms with Crippen LogP contribution in [0.15, 0.2) is 53.7 Å². The number of amides is 1. The third-order valence-electron chi connectivity index (χ3n) is 4.77. The number of carbonyl (C=O) groups is 1. The quantitative estimate of drug-likeness (QED) is 0.557. The lowest BCUT2D eigenvalue weighted by Gasteiger charge is -2.17. The smallest absolute Gasteiger partial charge is 0.237 e. The molecule has 0 fully saturated rings. The minimum Gasteiger partial charge on any atom is -0.494 e. The molecule has 7 nitrogen and oxygen atoms in total. The molecule has 0 saturated heterocycles. The second kappa shape index (κ2) is 9.56. The summed E-state index contributed by atoms with van der Waals surface area (Å²) < 4.78 is 6.98. The minimum absolute atomic E-state index is 0.0969. The van der Waals surface area contributed by atoms with Crippen LogP contribution < -0.4 is 10.1 Å². The standard InChI is InChI=1S/C21H25N5O2S/c1-5-14(2)16-10-6-7-11-17(16)22-20(27)15(3)29-21-23-24-25-26(21)18-12-8-9-13-19(18)28-4/h6-15H,5H2,1-4H3,(H,22,27). The summed E-state index contributed by atoms with van der Waals surface area (Å²) in [6.45, 7) is 6.14. The van der Waals surface area contributed by atoms with Gasteiger partial charge < -0.3 is 10.1 Å². The Kier molecular flexibility index (Phi) is 6.87. The monoisotopic (exact) mass is 411 g/mol. The van der Waals surface area contributed by atoms with Crippen LogP contribution in [0.25, 0.3) is 5.69 Å². The first-order valence-corrected chi connectivity index (χ1v) is 10.4. The number of rotatable bonds is 8. The van der Waals surface area contributed by atoms with Crippen LogP contribution in [0, 0.1) is 0 Å². The average molecular weight is 412 g/mol.